The molecule has 3 aromatic heterocycles. The molecule has 0 aliphatic heterocycles. The third kappa shape index (κ3) is 5.91. The molecule has 9 heteroatoms. The van der Waals surface area contributed by atoms with Crippen LogP contribution in [-0.2, 0) is 16.1 Å². The molecular weight excluding hydrogens is 543 g/mol. The number of esters is 1. The lowest BCUT2D eigenvalue weighted by Crippen LogP contribution is -2.17. The average Bonchev–Trinajstić information content (AvgIpc) is 3.82. The molecule has 1 aliphatic rings. The molecule has 0 amide bonds. The maximum absolute atomic E-state index is 14.9. The highest BCUT2D eigenvalue weighted by atomic mass is 19.1. The second-order valence-corrected chi connectivity index (χ2v) is 11.1. The first-order chi connectivity index (χ1) is 21.0. The summed E-state index contributed by atoms with van der Waals surface area (Å²) in [6, 6.07) is 18.6. The molecule has 6 rings (SSSR count). The Balaban J connectivity index is 1.11. The van der Waals surface area contributed by atoms with Crippen LogP contribution in [0, 0.1) is 23.1 Å². The molecule has 1 aliphatic carbocycles. The minimum absolute atomic E-state index is 0.0681. The summed E-state index contributed by atoms with van der Waals surface area (Å²) in [5.41, 5.74) is 4.21. The van der Waals surface area contributed by atoms with Crippen LogP contribution >= 0.6 is 0 Å². The molecule has 0 spiro atoms. The largest absolute Gasteiger partial charge is 0.463 e. The van der Waals surface area contributed by atoms with Crippen molar-refractivity contribution < 1.29 is 13.9 Å². The zero-order valence-corrected chi connectivity index (χ0v) is 24.1. The van der Waals surface area contributed by atoms with Gasteiger partial charge >= 0.3 is 5.97 Å². The quantitative estimate of drug-likeness (QED) is 0.165. The lowest BCUT2D eigenvalue weighted by Gasteiger charge is -2.21. The molecule has 1 saturated carbocycles. The van der Waals surface area contributed by atoms with E-state index in [-0.39, 0.29) is 18.5 Å². The third-order valence-corrected chi connectivity index (χ3v) is 8.52. The number of rotatable bonds is 10. The molecule has 8 nitrogen and oxygen atoms in total. The molecule has 0 saturated heterocycles. The molecule has 3 heterocycles. The van der Waals surface area contributed by atoms with Crippen LogP contribution in [-0.4, -0.2) is 36.9 Å². The van der Waals surface area contributed by atoms with Crippen molar-refractivity contribution in [2.45, 2.75) is 57.5 Å². The molecule has 2 aromatic carbocycles. The highest BCUT2D eigenvalue weighted by Crippen LogP contribution is 2.37. The molecule has 218 valence electrons. The van der Waals surface area contributed by atoms with E-state index in [1.54, 1.807) is 25.3 Å². The maximum atomic E-state index is 14.9. The minimum Gasteiger partial charge on any atom is -0.463 e. The fraction of sp³-hybridized carbons (Fsp3) is 0.324. The van der Waals surface area contributed by atoms with E-state index in [4.69, 9.17) is 4.74 Å². The van der Waals surface area contributed by atoms with Crippen molar-refractivity contribution in [3.05, 3.63) is 90.9 Å². The zero-order valence-electron chi connectivity index (χ0n) is 24.1. The average molecular weight is 577 g/mol. The SMILES string of the molecule is CC(C(=O)OCCn1ccc2c(-c3cnn([C@H](CC#N)C4CCCC4)c3)ncnc21)c1ccc(-c2ccccc2)c(F)c1. The normalized spacial score (nSPS) is 14.9. The first-order valence-corrected chi connectivity index (χ1v) is 14.8. The van der Waals surface area contributed by atoms with Crippen LogP contribution in [0.5, 0.6) is 0 Å². The number of fused-ring (bicyclic) bond motifs is 1. The van der Waals surface area contributed by atoms with Crippen LogP contribution < -0.4 is 0 Å². The van der Waals surface area contributed by atoms with Gasteiger partial charge in [0.2, 0.25) is 0 Å². The Morgan fingerprint density at radius 2 is 1.93 bits per heavy atom. The number of aromatic nitrogens is 5. The molecule has 0 bridgehead atoms. The van der Waals surface area contributed by atoms with Crippen LogP contribution in [0.15, 0.2) is 79.5 Å². The van der Waals surface area contributed by atoms with E-state index in [9.17, 15) is 14.4 Å². The predicted octanol–water partition coefficient (Wildman–Crippen LogP) is 7.09. The molecule has 5 aromatic rings. The number of hydrogen-bond donors (Lipinski definition) is 0. The monoisotopic (exact) mass is 576 g/mol. The summed E-state index contributed by atoms with van der Waals surface area (Å²) in [7, 11) is 0. The van der Waals surface area contributed by atoms with Gasteiger partial charge in [-0.2, -0.15) is 10.4 Å². The number of benzene rings is 2. The van der Waals surface area contributed by atoms with Crippen LogP contribution in [0.1, 0.15) is 56.6 Å². The Morgan fingerprint density at radius 3 is 2.70 bits per heavy atom. The fourth-order valence-corrected chi connectivity index (χ4v) is 6.13. The minimum atomic E-state index is -0.611. The number of hydrogen-bond acceptors (Lipinski definition) is 6. The van der Waals surface area contributed by atoms with Crippen molar-refractivity contribution >= 4 is 17.0 Å². The number of nitriles is 1. The van der Waals surface area contributed by atoms with Gasteiger partial charge in [0, 0.05) is 28.9 Å². The molecule has 2 atom stereocenters. The number of nitrogens with zero attached hydrogens (tertiary/aromatic N) is 6. The summed E-state index contributed by atoms with van der Waals surface area (Å²) < 4.78 is 24.3. The Morgan fingerprint density at radius 1 is 1.12 bits per heavy atom. The van der Waals surface area contributed by atoms with E-state index >= 15 is 0 Å². The first-order valence-electron chi connectivity index (χ1n) is 14.8. The van der Waals surface area contributed by atoms with Gasteiger partial charge in [0.1, 0.15) is 24.4 Å². The Hall–Kier alpha value is -4.84. The molecule has 43 heavy (non-hydrogen) atoms. The van der Waals surface area contributed by atoms with Crippen LogP contribution in [0.4, 0.5) is 4.39 Å². The van der Waals surface area contributed by atoms with Gasteiger partial charge in [-0.3, -0.25) is 9.48 Å². The highest BCUT2D eigenvalue weighted by molar-refractivity contribution is 5.90. The fourth-order valence-electron chi connectivity index (χ4n) is 6.13. The van der Waals surface area contributed by atoms with Gasteiger partial charge in [-0.05, 0) is 48.9 Å². The first kappa shape index (κ1) is 28.3. The number of ether oxygens (including phenoxy) is 1. The van der Waals surface area contributed by atoms with Crippen molar-refractivity contribution in [3.63, 3.8) is 0 Å². The maximum Gasteiger partial charge on any atom is 0.313 e. The summed E-state index contributed by atoms with van der Waals surface area (Å²) >= 11 is 0. The van der Waals surface area contributed by atoms with Crippen molar-refractivity contribution in [3.8, 4) is 28.5 Å². The lowest BCUT2D eigenvalue weighted by atomic mass is 9.96. The summed E-state index contributed by atoms with van der Waals surface area (Å²) in [6.07, 6.45) is 12.3. The Labute approximate surface area is 249 Å². The zero-order chi connectivity index (χ0) is 29.8. The van der Waals surface area contributed by atoms with Gasteiger partial charge in [0.25, 0.3) is 0 Å². The second kappa shape index (κ2) is 12.6. The summed E-state index contributed by atoms with van der Waals surface area (Å²) in [5.74, 6) is -0.931. The lowest BCUT2D eigenvalue weighted by molar-refractivity contribution is -0.145. The Kier molecular flexibility index (Phi) is 8.27. The van der Waals surface area contributed by atoms with Crippen LogP contribution in [0.3, 0.4) is 0 Å². The van der Waals surface area contributed by atoms with Crippen molar-refractivity contribution in [2.24, 2.45) is 5.92 Å². The highest BCUT2D eigenvalue weighted by Gasteiger charge is 2.27. The van der Waals surface area contributed by atoms with Gasteiger partial charge in [-0.25, -0.2) is 14.4 Å². The van der Waals surface area contributed by atoms with Crippen LogP contribution in [0.2, 0.25) is 0 Å². The van der Waals surface area contributed by atoms with E-state index in [0.717, 1.165) is 40.7 Å². The van der Waals surface area contributed by atoms with Gasteiger partial charge in [-0.1, -0.05) is 55.3 Å². The molecular formula is C34H33FN6O2. The molecule has 1 unspecified atom stereocenters. The number of halogens is 1. The molecule has 0 radical (unpaired) electrons. The van der Waals surface area contributed by atoms with E-state index in [0.29, 0.717) is 30.0 Å². The summed E-state index contributed by atoms with van der Waals surface area (Å²) in [4.78, 5) is 21.9. The van der Waals surface area contributed by atoms with Crippen molar-refractivity contribution in [1.29, 1.82) is 5.26 Å². The summed E-state index contributed by atoms with van der Waals surface area (Å²) in [6.45, 7) is 2.27. The van der Waals surface area contributed by atoms with Crippen molar-refractivity contribution in [1.82, 2.24) is 24.3 Å². The van der Waals surface area contributed by atoms with Gasteiger partial charge in [0.15, 0.2) is 0 Å². The van der Waals surface area contributed by atoms with Crippen molar-refractivity contribution in [2.75, 3.05) is 6.61 Å². The van der Waals surface area contributed by atoms with Gasteiger partial charge in [-0.15, -0.1) is 0 Å². The number of carbonyl (C=O) groups is 1. The number of carbonyl (C=O) groups excluding carboxylic acids is 1. The van der Waals surface area contributed by atoms with E-state index in [2.05, 4.69) is 21.1 Å². The second-order valence-electron chi connectivity index (χ2n) is 11.1. The molecule has 0 N–H and O–H groups in total. The van der Waals surface area contributed by atoms with Gasteiger partial charge < -0.3 is 9.30 Å². The molecule has 1 fully saturated rings. The standard InChI is InChI=1S/C34H33FN6O2/c1-23(26-11-12-28(30(35)19-26)24-7-3-2-4-8-24)34(42)43-18-17-40-16-14-29-32(37-22-38-33(29)40)27-20-39-41(21-27)31(13-15-36)25-9-5-6-10-25/h2-4,7-8,11-12,14,16,19-23,25,31H,5-6,9-10,13,17-18H2,1H3/t23?,31-/m1/s1. The van der Waals surface area contributed by atoms with Crippen LogP contribution in [0.25, 0.3) is 33.4 Å². The summed E-state index contributed by atoms with van der Waals surface area (Å²) in [5, 5.41) is 14.9. The van der Waals surface area contributed by atoms with E-state index in [1.165, 1.54) is 25.2 Å². The smallest absolute Gasteiger partial charge is 0.313 e. The third-order valence-electron chi connectivity index (χ3n) is 8.52. The van der Waals surface area contributed by atoms with E-state index < -0.39 is 11.9 Å². The van der Waals surface area contributed by atoms with Gasteiger partial charge in [0.05, 0.1) is 42.9 Å². The topological polar surface area (TPSA) is 98.6 Å². The van der Waals surface area contributed by atoms with E-state index in [1.807, 2.05) is 58.0 Å². The Bertz CT molecular complexity index is 1770. The predicted molar refractivity (Wildman–Crippen MR) is 161 cm³/mol.